The lowest BCUT2D eigenvalue weighted by Gasteiger charge is -2.35. The number of carbonyl (C=O) groups excluding carboxylic acids is 2. The molecule has 148 valence electrons. The number of fused-ring (bicyclic) bond motifs is 1. The summed E-state index contributed by atoms with van der Waals surface area (Å²) < 4.78 is 10.8. The van der Waals surface area contributed by atoms with E-state index in [1.165, 1.54) is 11.9 Å². The van der Waals surface area contributed by atoms with Crippen molar-refractivity contribution in [3.63, 3.8) is 0 Å². The Morgan fingerprint density at radius 3 is 2.61 bits per heavy atom. The van der Waals surface area contributed by atoms with E-state index < -0.39 is 0 Å². The van der Waals surface area contributed by atoms with Gasteiger partial charge in [0.05, 0.1) is 0 Å². The average molecular weight is 402 g/mol. The minimum atomic E-state index is 0.0248. The molecule has 1 aromatic rings. The SMILES string of the molecule is CC1=C(C(=O)N2CCN(C(=O)C3CC3c3ccc4c(c3)OCO4)CC2)SNN1. The molecule has 9 heteroatoms. The summed E-state index contributed by atoms with van der Waals surface area (Å²) in [5, 5.41) is 0. The number of benzene rings is 1. The molecule has 1 aromatic carbocycles. The number of piperazine rings is 1. The molecule has 5 rings (SSSR count). The monoisotopic (exact) mass is 402 g/mol. The molecule has 8 nitrogen and oxygen atoms in total. The van der Waals surface area contributed by atoms with Crippen LogP contribution in [-0.4, -0.2) is 54.6 Å². The number of carbonyl (C=O) groups is 2. The van der Waals surface area contributed by atoms with E-state index in [0.29, 0.717) is 31.1 Å². The normalized spacial score (nSPS) is 25.8. The van der Waals surface area contributed by atoms with Crippen LogP contribution in [0.2, 0.25) is 0 Å². The Hall–Kier alpha value is -2.39. The third-order valence-electron chi connectivity index (χ3n) is 5.74. The number of hydrogen-bond donors (Lipinski definition) is 2. The fourth-order valence-corrected chi connectivity index (χ4v) is 4.71. The number of amides is 2. The fraction of sp³-hybridized carbons (Fsp3) is 0.474. The Morgan fingerprint density at radius 2 is 1.86 bits per heavy atom. The molecular weight excluding hydrogens is 380 g/mol. The number of rotatable bonds is 3. The summed E-state index contributed by atoms with van der Waals surface area (Å²) in [6.45, 7) is 4.46. The van der Waals surface area contributed by atoms with E-state index in [9.17, 15) is 9.59 Å². The lowest BCUT2D eigenvalue weighted by Crippen LogP contribution is -2.51. The van der Waals surface area contributed by atoms with Crippen molar-refractivity contribution in [1.29, 1.82) is 0 Å². The highest BCUT2D eigenvalue weighted by Gasteiger charge is 2.46. The van der Waals surface area contributed by atoms with Gasteiger partial charge >= 0.3 is 0 Å². The van der Waals surface area contributed by atoms with Crippen molar-refractivity contribution in [2.75, 3.05) is 33.0 Å². The molecule has 0 radical (unpaired) electrons. The lowest BCUT2D eigenvalue weighted by atomic mass is 10.1. The van der Waals surface area contributed by atoms with Crippen LogP contribution in [0.5, 0.6) is 11.5 Å². The molecular formula is C19H22N4O4S. The molecule has 28 heavy (non-hydrogen) atoms. The second-order valence-corrected chi connectivity index (χ2v) is 8.28. The molecule has 3 heterocycles. The molecule has 0 spiro atoms. The van der Waals surface area contributed by atoms with Gasteiger partial charge in [0.15, 0.2) is 11.5 Å². The molecule has 1 aliphatic carbocycles. The van der Waals surface area contributed by atoms with E-state index in [0.717, 1.165) is 29.2 Å². The predicted octanol–water partition coefficient (Wildman–Crippen LogP) is 1.18. The van der Waals surface area contributed by atoms with Crippen LogP contribution in [0.15, 0.2) is 28.8 Å². The van der Waals surface area contributed by atoms with Crippen molar-refractivity contribution in [2.45, 2.75) is 19.3 Å². The van der Waals surface area contributed by atoms with E-state index in [4.69, 9.17) is 9.47 Å². The second kappa shape index (κ2) is 6.89. The Morgan fingerprint density at radius 1 is 1.11 bits per heavy atom. The molecule has 2 N–H and O–H groups in total. The van der Waals surface area contributed by atoms with Crippen LogP contribution in [0.1, 0.15) is 24.8 Å². The molecule has 2 atom stereocenters. The lowest BCUT2D eigenvalue weighted by molar-refractivity contribution is -0.138. The molecule has 2 unspecified atom stereocenters. The Balaban J connectivity index is 1.17. The molecule has 2 amide bonds. The van der Waals surface area contributed by atoms with E-state index >= 15 is 0 Å². The van der Waals surface area contributed by atoms with Crippen LogP contribution in [0.3, 0.4) is 0 Å². The molecule has 1 saturated carbocycles. The summed E-state index contributed by atoms with van der Waals surface area (Å²) in [4.78, 5) is 32.8. The van der Waals surface area contributed by atoms with Gasteiger partial charge in [-0.2, -0.15) is 4.83 Å². The van der Waals surface area contributed by atoms with Gasteiger partial charge in [-0.25, -0.2) is 0 Å². The van der Waals surface area contributed by atoms with Gasteiger partial charge < -0.3 is 24.7 Å². The smallest absolute Gasteiger partial charge is 0.263 e. The average Bonchev–Trinajstić information content (AvgIpc) is 3.17. The minimum absolute atomic E-state index is 0.0248. The second-order valence-electron chi connectivity index (χ2n) is 7.46. The standard InChI is InChI=1S/C19H22N4O4S/c1-11-17(28-21-20-11)19(25)23-6-4-22(5-7-23)18(24)14-9-13(14)12-2-3-15-16(8-12)27-10-26-15/h2-3,8,13-14,20-21H,4-7,9-10H2,1H3. The molecule has 0 aromatic heterocycles. The first-order valence-corrected chi connectivity index (χ1v) is 10.3. The number of hydrogen-bond acceptors (Lipinski definition) is 7. The zero-order valence-corrected chi connectivity index (χ0v) is 16.4. The number of nitrogens with one attached hydrogen (secondary N) is 2. The van der Waals surface area contributed by atoms with E-state index in [-0.39, 0.29) is 30.4 Å². The van der Waals surface area contributed by atoms with Crippen LogP contribution in [-0.2, 0) is 9.59 Å². The van der Waals surface area contributed by atoms with Gasteiger partial charge in [0.1, 0.15) is 4.91 Å². The Kier molecular flexibility index (Phi) is 4.36. The topological polar surface area (TPSA) is 83.1 Å². The highest BCUT2D eigenvalue weighted by atomic mass is 32.2. The summed E-state index contributed by atoms with van der Waals surface area (Å²) in [6.07, 6.45) is 0.873. The highest BCUT2D eigenvalue weighted by molar-refractivity contribution is 8.02. The Bertz CT molecular complexity index is 865. The maximum Gasteiger partial charge on any atom is 0.263 e. The quantitative estimate of drug-likeness (QED) is 0.735. The third-order valence-corrected chi connectivity index (χ3v) is 6.63. The summed E-state index contributed by atoms with van der Waals surface area (Å²) in [6, 6.07) is 5.94. The van der Waals surface area contributed by atoms with Crippen LogP contribution >= 0.6 is 11.9 Å². The van der Waals surface area contributed by atoms with E-state index in [2.05, 4.69) is 10.3 Å². The zero-order valence-electron chi connectivity index (χ0n) is 15.6. The maximum absolute atomic E-state index is 12.9. The summed E-state index contributed by atoms with van der Waals surface area (Å²) in [5.41, 5.74) is 4.92. The largest absolute Gasteiger partial charge is 0.454 e. The van der Waals surface area contributed by atoms with Crippen LogP contribution in [0.25, 0.3) is 0 Å². The van der Waals surface area contributed by atoms with Gasteiger partial charge in [0.25, 0.3) is 5.91 Å². The first kappa shape index (κ1) is 17.7. The number of hydrazine groups is 1. The van der Waals surface area contributed by atoms with Gasteiger partial charge in [-0.3, -0.25) is 9.59 Å². The highest BCUT2D eigenvalue weighted by Crippen LogP contribution is 2.50. The van der Waals surface area contributed by atoms with Gasteiger partial charge in [0.2, 0.25) is 12.7 Å². The predicted molar refractivity (Wildman–Crippen MR) is 103 cm³/mol. The Labute approximate surface area is 167 Å². The number of allylic oxidation sites excluding steroid dienone is 1. The molecule has 0 bridgehead atoms. The van der Waals surface area contributed by atoms with Gasteiger partial charge in [-0.15, -0.1) is 0 Å². The summed E-state index contributed by atoms with van der Waals surface area (Å²) >= 11 is 1.31. The molecule has 1 saturated heterocycles. The first-order chi connectivity index (χ1) is 13.6. The van der Waals surface area contributed by atoms with Crippen molar-refractivity contribution >= 4 is 23.8 Å². The van der Waals surface area contributed by atoms with Crippen molar-refractivity contribution in [2.24, 2.45) is 5.92 Å². The molecule has 2 fully saturated rings. The van der Waals surface area contributed by atoms with E-state index in [1.54, 1.807) is 0 Å². The first-order valence-electron chi connectivity index (χ1n) is 9.48. The van der Waals surface area contributed by atoms with Crippen molar-refractivity contribution in [1.82, 2.24) is 20.1 Å². The van der Waals surface area contributed by atoms with Crippen molar-refractivity contribution in [3.05, 3.63) is 34.4 Å². The van der Waals surface area contributed by atoms with Crippen molar-refractivity contribution in [3.8, 4) is 11.5 Å². The van der Waals surface area contributed by atoms with E-state index in [1.807, 2.05) is 34.9 Å². The molecule has 3 aliphatic heterocycles. The maximum atomic E-state index is 12.9. The zero-order chi connectivity index (χ0) is 19.3. The van der Waals surface area contributed by atoms with Gasteiger partial charge in [-0.1, -0.05) is 6.07 Å². The fourth-order valence-electron chi connectivity index (χ4n) is 3.98. The third kappa shape index (κ3) is 3.08. The summed E-state index contributed by atoms with van der Waals surface area (Å²) in [7, 11) is 0. The number of ether oxygens (including phenoxy) is 2. The van der Waals surface area contributed by atoms with Crippen molar-refractivity contribution < 1.29 is 19.1 Å². The van der Waals surface area contributed by atoms with Crippen LogP contribution in [0.4, 0.5) is 0 Å². The van der Waals surface area contributed by atoms with Crippen LogP contribution in [0, 0.1) is 5.92 Å². The molecule has 4 aliphatic rings. The van der Waals surface area contributed by atoms with Gasteiger partial charge in [0, 0.05) is 37.8 Å². The minimum Gasteiger partial charge on any atom is -0.454 e. The van der Waals surface area contributed by atoms with Gasteiger partial charge in [-0.05, 0) is 48.9 Å². The summed E-state index contributed by atoms with van der Waals surface area (Å²) in [5.74, 6) is 2.04. The number of nitrogens with zero attached hydrogens (tertiary/aromatic N) is 2. The van der Waals surface area contributed by atoms with Crippen LogP contribution < -0.4 is 19.7 Å².